The van der Waals surface area contributed by atoms with E-state index in [0.717, 1.165) is 12.8 Å². The van der Waals surface area contributed by atoms with Crippen LogP contribution in [0.2, 0.25) is 0 Å². The van der Waals surface area contributed by atoms with Crippen LogP contribution in [0.1, 0.15) is 19.8 Å². The van der Waals surface area contributed by atoms with Crippen molar-refractivity contribution >= 4 is 9.84 Å². The largest absolute Gasteiger partial charge is 0.329 e. The molecular formula is C9H20N2O2S. The Labute approximate surface area is 86.4 Å². The van der Waals surface area contributed by atoms with E-state index in [2.05, 4.69) is 11.8 Å². The Morgan fingerprint density at radius 3 is 2.57 bits per heavy atom. The molecular weight excluding hydrogens is 200 g/mol. The predicted molar refractivity (Wildman–Crippen MR) is 58.0 cm³/mol. The first kappa shape index (κ1) is 11.9. The molecule has 5 heteroatoms. The minimum atomic E-state index is -2.77. The molecule has 2 atom stereocenters. The van der Waals surface area contributed by atoms with Crippen molar-refractivity contribution in [1.82, 2.24) is 4.90 Å². The van der Waals surface area contributed by atoms with Crippen molar-refractivity contribution < 1.29 is 8.42 Å². The van der Waals surface area contributed by atoms with Crippen LogP contribution in [-0.4, -0.2) is 50.5 Å². The molecule has 0 bridgehead atoms. The maximum absolute atomic E-state index is 11.3. The summed E-state index contributed by atoms with van der Waals surface area (Å²) in [5, 5.41) is 0. The van der Waals surface area contributed by atoms with E-state index in [-0.39, 0.29) is 6.04 Å². The van der Waals surface area contributed by atoms with Crippen LogP contribution in [-0.2, 0) is 9.84 Å². The average Bonchev–Trinajstić information content (AvgIpc) is 2.48. The Bertz CT molecular complexity index is 273. The number of nitrogens with zero attached hydrogens (tertiary/aromatic N) is 1. The molecule has 14 heavy (non-hydrogen) atoms. The van der Waals surface area contributed by atoms with Crippen LogP contribution in [0.25, 0.3) is 0 Å². The summed E-state index contributed by atoms with van der Waals surface area (Å²) >= 11 is 0. The zero-order valence-corrected chi connectivity index (χ0v) is 9.76. The van der Waals surface area contributed by atoms with E-state index < -0.39 is 9.84 Å². The third-order valence-electron chi connectivity index (χ3n) is 3.10. The highest BCUT2D eigenvalue weighted by atomic mass is 32.2. The van der Waals surface area contributed by atoms with E-state index >= 15 is 0 Å². The van der Waals surface area contributed by atoms with Crippen molar-refractivity contribution in [3.8, 4) is 0 Å². The van der Waals surface area contributed by atoms with Gasteiger partial charge in [-0.1, -0.05) is 6.92 Å². The fourth-order valence-electron chi connectivity index (χ4n) is 2.02. The van der Waals surface area contributed by atoms with Gasteiger partial charge in [0.15, 0.2) is 9.84 Å². The highest BCUT2D eigenvalue weighted by molar-refractivity contribution is 7.91. The molecule has 1 fully saturated rings. The molecule has 4 nitrogen and oxygen atoms in total. The third kappa shape index (κ3) is 2.68. The van der Waals surface area contributed by atoms with E-state index in [9.17, 15) is 8.42 Å². The topological polar surface area (TPSA) is 63.4 Å². The fourth-order valence-corrected chi connectivity index (χ4v) is 3.80. The van der Waals surface area contributed by atoms with Gasteiger partial charge in [-0.2, -0.15) is 0 Å². The Hall–Kier alpha value is -0.130. The highest BCUT2D eigenvalue weighted by Gasteiger charge is 2.32. The molecule has 84 valence electrons. The lowest BCUT2D eigenvalue weighted by atomic mass is 10.1. The van der Waals surface area contributed by atoms with Gasteiger partial charge in [0.2, 0.25) is 0 Å². The maximum Gasteiger partial charge on any atom is 0.151 e. The lowest BCUT2D eigenvalue weighted by Crippen LogP contribution is -2.44. The minimum Gasteiger partial charge on any atom is -0.329 e. The lowest BCUT2D eigenvalue weighted by Gasteiger charge is -2.30. The number of hydrogen-bond donors (Lipinski definition) is 1. The molecule has 0 aromatic rings. The second kappa shape index (κ2) is 4.59. The van der Waals surface area contributed by atoms with E-state index in [4.69, 9.17) is 5.73 Å². The van der Waals surface area contributed by atoms with E-state index in [1.807, 2.05) is 7.05 Å². The molecule has 0 aromatic heterocycles. The molecule has 0 amide bonds. The van der Waals surface area contributed by atoms with Crippen LogP contribution < -0.4 is 5.73 Å². The highest BCUT2D eigenvalue weighted by Crippen LogP contribution is 2.18. The van der Waals surface area contributed by atoms with Crippen molar-refractivity contribution in [2.75, 3.05) is 25.1 Å². The summed E-state index contributed by atoms with van der Waals surface area (Å²) < 4.78 is 22.6. The monoisotopic (exact) mass is 220 g/mol. The Morgan fingerprint density at radius 2 is 2.21 bits per heavy atom. The van der Waals surface area contributed by atoms with Gasteiger partial charge in [0, 0.05) is 18.6 Å². The van der Waals surface area contributed by atoms with E-state index in [0.29, 0.717) is 24.1 Å². The first-order valence-corrected chi connectivity index (χ1v) is 6.94. The van der Waals surface area contributed by atoms with Crippen LogP contribution in [0.3, 0.4) is 0 Å². The summed E-state index contributed by atoms with van der Waals surface area (Å²) in [6, 6.07) is 0.488. The Morgan fingerprint density at radius 1 is 1.57 bits per heavy atom. The van der Waals surface area contributed by atoms with Gasteiger partial charge in [0.25, 0.3) is 0 Å². The second-order valence-electron chi connectivity index (χ2n) is 4.02. The van der Waals surface area contributed by atoms with Crippen LogP contribution in [0.4, 0.5) is 0 Å². The number of sulfone groups is 1. The predicted octanol–water partition coefficient (Wildman–Crippen LogP) is -0.157. The maximum atomic E-state index is 11.3. The number of rotatable bonds is 4. The summed E-state index contributed by atoms with van der Waals surface area (Å²) in [6.07, 6.45) is 1.74. The van der Waals surface area contributed by atoms with Crippen molar-refractivity contribution in [3.05, 3.63) is 0 Å². The van der Waals surface area contributed by atoms with Crippen molar-refractivity contribution in [2.24, 2.45) is 5.73 Å². The van der Waals surface area contributed by atoms with Gasteiger partial charge >= 0.3 is 0 Å². The average molecular weight is 220 g/mol. The summed E-state index contributed by atoms with van der Waals surface area (Å²) in [6.45, 7) is 2.68. The normalized spacial score (nSPS) is 28.1. The van der Waals surface area contributed by atoms with Gasteiger partial charge in [-0.3, -0.25) is 4.90 Å². The van der Waals surface area contributed by atoms with Crippen LogP contribution >= 0.6 is 0 Å². The molecule has 0 aliphatic carbocycles. The molecule has 2 N–H and O–H groups in total. The zero-order valence-electron chi connectivity index (χ0n) is 8.94. The van der Waals surface area contributed by atoms with Gasteiger partial charge in [0.05, 0.1) is 11.5 Å². The summed E-state index contributed by atoms with van der Waals surface area (Å²) in [5.74, 6) is 0.642. The van der Waals surface area contributed by atoms with Crippen LogP contribution in [0, 0.1) is 0 Å². The van der Waals surface area contributed by atoms with E-state index in [1.54, 1.807) is 0 Å². The van der Waals surface area contributed by atoms with Gasteiger partial charge in [-0.25, -0.2) is 8.42 Å². The van der Waals surface area contributed by atoms with Gasteiger partial charge in [-0.15, -0.1) is 0 Å². The summed E-state index contributed by atoms with van der Waals surface area (Å²) in [4.78, 5) is 2.13. The molecule has 0 aromatic carbocycles. The molecule has 0 spiro atoms. The van der Waals surface area contributed by atoms with Gasteiger partial charge < -0.3 is 5.73 Å². The van der Waals surface area contributed by atoms with Crippen molar-refractivity contribution in [2.45, 2.75) is 31.8 Å². The molecule has 1 saturated heterocycles. The molecule has 1 rings (SSSR count). The molecule has 1 aliphatic rings. The van der Waals surface area contributed by atoms with Crippen molar-refractivity contribution in [1.29, 1.82) is 0 Å². The van der Waals surface area contributed by atoms with Crippen LogP contribution in [0.5, 0.6) is 0 Å². The Kier molecular flexibility index (Phi) is 3.92. The number of nitrogens with two attached hydrogens (primary N) is 1. The summed E-state index contributed by atoms with van der Waals surface area (Å²) in [7, 11) is -0.794. The zero-order chi connectivity index (χ0) is 10.8. The summed E-state index contributed by atoms with van der Waals surface area (Å²) in [5.41, 5.74) is 5.63. The molecule has 0 radical (unpaired) electrons. The fraction of sp³-hybridized carbons (Fsp3) is 1.00. The standard InChI is InChI=1S/C9H20N2O2S/c1-3-8(6-10)11(2)9-4-5-14(12,13)7-9/h8-9H,3-7,10H2,1-2H3. The minimum absolute atomic E-state index is 0.175. The molecule has 1 heterocycles. The number of hydrogen-bond acceptors (Lipinski definition) is 4. The number of likely N-dealkylation sites (N-methyl/N-ethyl adjacent to an activating group) is 1. The quantitative estimate of drug-likeness (QED) is 0.715. The van der Waals surface area contributed by atoms with E-state index in [1.165, 1.54) is 0 Å². The molecule has 0 saturated carbocycles. The first-order valence-electron chi connectivity index (χ1n) is 5.12. The Balaban J connectivity index is 2.58. The van der Waals surface area contributed by atoms with Gasteiger partial charge in [0.1, 0.15) is 0 Å². The molecule has 2 unspecified atom stereocenters. The molecule has 1 aliphatic heterocycles. The first-order chi connectivity index (χ1) is 6.50. The second-order valence-corrected chi connectivity index (χ2v) is 6.25. The van der Waals surface area contributed by atoms with Crippen molar-refractivity contribution in [3.63, 3.8) is 0 Å². The smallest absolute Gasteiger partial charge is 0.151 e. The van der Waals surface area contributed by atoms with Gasteiger partial charge in [-0.05, 0) is 19.9 Å². The SMILES string of the molecule is CCC(CN)N(C)C1CCS(=O)(=O)C1. The lowest BCUT2D eigenvalue weighted by molar-refractivity contribution is 0.186. The third-order valence-corrected chi connectivity index (χ3v) is 4.85. The van der Waals surface area contributed by atoms with Crippen LogP contribution in [0.15, 0.2) is 0 Å².